The van der Waals surface area contributed by atoms with Crippen LogP contribution in [-0.2, 0) is 0 Å². The maximum absolute atomic E-state index is 12.5. The molecule has 0 bridgehead atoms. The summed E-state index contributed by atoms with van der Waals surface area (Å²) in [5.41, 5.74) is 6.51. The van der Waals surface area contributed by atoms with Gasteiger partial charge in [0.2, 0.25) is 0 Å². The van der Waals surface area contributed by atoms with Gasteiger partial charge in [-0.1, -0.05) is 29.8 Å². The van der Waals surface area contributed by atoms with E-state index < -0.39 is 0 Å². The number of rotatable bonds is 3. The molecule has 2 fully saturated rings. The highest BCUT2D eigenvalue weighted by Crippen LogP contribution is 2.30. The van der Waals surface area contributed by atoms with E-state index in [0.29, 0.717) is 12.0 Å². The number of carbonyl (C=O) groups excluding carboxylic acids is 1. The van der Waals surface area contributed by atoms with E-state index in [1.807, 2.05) is 35.2 Å². The summed E-state index contributed by atoms with van der Waals surface area (Å²) in [6.45, 7) is 2.29. The van der Waals surface area contributed by atoms with Gasteiger partial charge in [-0.15, -0.1) is 0 Å². The molecule has 1 aromatic heterocycles. The van der Waals surface area contributed by atoms with Crippen molar-refractivity contribution in [3.8, 4) is 0 Å². The third kappa shape index (κ3) is 5.17. The first-order valence-electron chi connectivity index (χ1n) is 9.42. The molecule has 4 rings (SSSR count). The Kier molecular flexibility index (Phi) is 7.01. The first-order chi connectivity index (χ1) is 13.2. The summed E-state index contributed by atoms with van der Waals surface area (Å²) < 4.78 is 0. The number of urea groups is 1. The van der Waals surface area contributed by atoms with Gasteiger partial charge in [-0.25, -0.2) is 14.8 Å². The summed E-state index contributed by atoms with van der Waals surface area (Å²) in [6, 6.07) is 9.91. The number of aromatic nitrogens is 2. The van der Waals surface area contributed by atoms with Crippen LogP contribution in [0.2, 0.25) is 5.02 Å². The molecule has 1 saturated heterocycles. The van der Waals surface area contributed by atoms with Crippen molar-refractivity contribution in [3.63, 3.8) is 0 Å². The standard InChI is InChI=1S/C14H21N5O.C6H5Cl/c15-7-11-1-3-12(4-2-11)18-5-6-19(14(18)20)13-8-16-10-17-9-13;7-6-4-2-1-3-5-6/h8-12H,1-7,15H2;1-5H. The van der Waals surface area contributed by atoms with Crippen LogP contribution in [0.5, 0.6) is 0 Å². The summed E-state index contributed by atoms with van der Waals surface area (Å²) in [5, 5.41) is 0.794. The minimum atomic E-state index is 0.0935. The molecule has 6 nitrogen and oxygen atoms in total. The van der Waals surface area contributed by atoms with E-state index in [1.54, 1.807) is 17.3 Å². The molecule has 0 spiro atoms. The molecule has 27 heavy (non-hydrogen) atoms. The van der Waals surface area contributed by atoms with Gasteiger partial charge in [-0.3, -0.25) is 4.90 Å². The topological polar surface area (TPSA) is 75.3 Å². The fourth-order valence-electron chi connectivity index (χ4n) is 3.67. The molecule has 0 unspecified atom stereocenters. The van der Waals surface area contributed by atoms with Crippen LogP contribution < -0.4 is 10.6 Å². The lowest BCUT2D eigenvalue weighted by atomic mass is 9.85. The van der Waals surface area contributed by atoms with Crippen LogP contribution in [-0.4, -0.2) is 46.6 Å². The van der Waals surface area contributed by atoms with Crippen molar-refractivity contribution < 1.29 is 4.79 Å². The lowest BCUT2D eigenvalue weighted by molar-refractivity contribution is 0.168. The number of benzene rings is 1. The minimum absolute atomic E-state index is 0.0935. The summed E-state index contributed by atoms with van der Waals surface area (Å²) in [4.78, 5) is 24.3. The Morgan fingerprint density at radius 3 is 2.26 bits per heavy atom. The molecule has 0 radical (unpaired) electrons. The number of amides is 2. The predicted molar refractivity (Wildman–Crippen MR) is 108 cm³/mol. The molecule has 2 aliphatic rings. The molecule has 1 aliphatic carbocycles. The minimum Gasteiger partial charge on any atom is -0.330 e. The Bertz CT molecular complexity index is 707. The van der Waals surface area contributed by atoms with Gasteiger partial charge in [-0.05, 0) is 50.3 Å². The lowest BCUT2D eigenvalue weighted by Crippen LogP contribution is -2.42. The van der Waals surface area contributed by atoms with Crippen LogP contribution in [0.25, 0.3) is 0 Å². The van der Waals surface area contributed by atoms with Crippen molar-refractivity contribution in [1.29, 1.82) is 0 Å². The second-order valence-electron chi connectivity index (χ2n) is 6.93. The smallest absolute Gasteiger partial charge is 0.324 e. The number of carbonyl (C=O) groups is 1. The van der Waals surface area contributed by atoms with Crippen molar-refractivity contribution >= 4 is 23.3 Å². The van der Waals surface area contributed by atoms with E-state index in [2.05, 4.69) is 9.97 Å². The molecule has 2 heterocycles. The molecule has 1 aliphatic heterocycles. The van der Waals surface area contributed by atoms with E-state index in [0.717, 1.165) is 56.0 Å². The van der Waals surface area contributed by atoms with Crippen molar-refractivity contribution in [1.82, 2.24) is 14.9 Å². The van der Waals surface area contributed by atoms with Crippen LogP contribution in [0.15, 0.2) is 49.1 Å². The second-order valence-corrected chi connectivity index (χ2v) is 7.37. The highest BCUT2D eigenvalue weighted by molar-refractivity contribution is 6.30. The van der Waals surface area contributed by atoms with Gasteiger partial charge in [0.15, 0.2) is 0 Å². The Hall–Kier alpha value is -2.18. The van der Waals surface area contributed by atoms with Gasteiger partial charge in [0.1, 0.15) is 6.33 Å². The Balaban J connectivity index is 0.000000253. The van der Waals surface area contributed by atoms with Gasteiger partial charge in [-0.2, -0.15) is 0 Å². The van der Waals surface area contributed by atoms with E-state index in [9.17, 15) is 4.79 Å². The fraction of sp³-hybridized carbons (Fsp3) is 0.450. The number of hydrogen-bond donors (Lipinski definition) is 1. The molecule has 2 aromatic rings. The number of anilines is 1. The summed E-state index contributed by atoms with van der Waals surface area (Å²) in [6.07, 6.45) is 9.30. The third-order valence-corrected chi connectivity index (χ3v) is 5.48. The van der Waals surface area contributed by atoms with E-state index in [1.165, 1.54) is 6.33 Å². The molecule has 1 aromatic carbocycles. The normalized spacial score (nSPS) is 22.4. The number of halogens is 1. The Morgan fingerprint density at radius 2 is 1.70 bits per heavy atom. The van der Waals surface area contributed by atoms with Crippen LogP contribution in [0.1, 0.15) is 25.7 Å². The average molecular weight is 388 g/mol. The highest BCUT2D eigenvalue weighted by atomic mass is 35.5. The number of hydrogen-bond acceptors (Lipinski definition) is 4. The van der Waals surface area contributed by atoms with Gasteiger partial charge < -0.3 is 10.6 Å². The third-order valence-electron chi connectivity index (χ3n) is 5.22. The zero-order chi connectivity index (χ0) is 19.1. The molecular formula is C20H26ClN5O. The van der Waals surface area contributed by atoms with E-state index in [-0.39, 0.29) is 6.03 Å². The summed E-state index contributed by atoms with van der Waals surface area (Å²) in [7, 11) is 0. The number of nitrogens with two attached hydrogens (primary N) is 1. The molecule has 1 saturated carbocycles. The molecular weight excluding hydrogens is 362 g/mol. The molecule has 144 valence electrons. The molecule has 0 atom stereocenters. The zero-order valence-corrected chi connectivity index (χ0v) is 16.1. The van der Waals surface area contributed by atoms with E-state index >= 15 is 0 Å². The monoisotopic (exact) mass is 387 g/mol. The Morgan fingerprint density at radius 1 is 1.04 bits per heavy atom. The van der Waals surface area contributed by atoms with Gasteiger partial charge in [0.05, 0.1) is 18.1 Å². The molecule has 7 heteroatoms. The zero-order valence-electron chi connectivity index (χ0n) is 15.4. The van der Waals surface area contributed by atoms with Crippen molar-refractivity contribution in [2.24, 2.45) is 11.7 Å². The van der Waals surface area contributed by atoms with Crippen LogP contribution in [0, 0.1) is 5.92 Å². The lowest BCUT2D eigenvalue weighted by Gasteiger charge is -2.34. The maximum atomic E-state index is 12.5. The summed E-state index contributed by atoms with van der Waals surface area (Å²) >= 11 is 5.54. The van der Waals surface area contributed by atoms with Gasteiger partial charge >= 0.3 is 6.03 Å². The number of nitrogens with zero attached hydrogens (tertiary/aromatic N) is 4. The molecule has 2 N–H and O–H groups in total. The van der Waals surface area contributed by atoms with Crippen molar-refractivity contribution in [2.45, 2.75) is 31.7 Å². The van der Waals surface area contributed by atoms with Gasteiger partial charge in [0.25, 0.3) is 0 Å². The van der Waals surface area contributed by atoms with Gasteiger partial charge in [0, 0.05) is 24.2 Å². The van der Waals surface area contributed by atoms with E-state index in [4.69, 9.17) is 17.3 Å². The van der Waals surface area contributed by atoms with Crippen LogP contribution in [0.4, 0.5) is 10.5 Å². The highest BCUT2D eigenvalue weighted by Gasteiger charge is 2.36. The second kappa shape index (κ2) is 9.67. The Labute approximate surface area is 165 Å². The van der Waals surface area contributed by atoms with Crippen molar-refractivity contribution in [2.75, 3.05) is 24.5 Å². The molecule has 2 amide bonds. The first-order valence-corrected chi connectivity index (χ1v) is 9.80. The largest absolute Gasteiger partial charge is 0.330 e. The van der Waals surface area contributed by atoms with Crippen LogP contribution in [0.3, 0.4) is 0 Å². The predicted octanol–water partition coefficient (Wildman–Crippen LogP) is 3.58. The average Bonchev–Trinajstić information content (AvgIpc) is 3.11. The quantitative estimate of drug-likeness (QED) is 0.873. The summed E-state index contributed by atoms with van der Waals surface area (Å²) in [5.74, 6) is 0.641. The van der Waals surface area contributed by atoms with Crippen molar-refractivity contribution in [3.05, 3.63) is 54.1 Å². The first kappa shape index (κ1) is 19.6. The SMILES string of the molecule is Clc1ccccc1.NCC1CCC(N2CCN(c3cncnc3)C2=O)CC1. The van der Waals surface area contributed by atoms with Crippen LogP contribution >= 0.6 is 11.6 Å². The maximum Gasteiger partial charge on any atom is 0.324 e. The fourth-order valence-corrected chi connectivity index (χ4v) is 3.82.